The molecule has 0 radical (unpaired) electrons. The molecule has 14 heteroatoms. The van der Waals surface area contributed by atoms with E-state index in [4.69, 9.17) is 21.1 Å². The lowest BCUT2D eigenvalue weighted by Gasteiger charge is -2.42. The van der Waals surface area contributed by atoms with Crippen LogP contribution in [-0.4, -0.2) is 177 Å². The Morgan fingerprint density at radius 3 is 1.25 bits per heavy atom. The lowest BCUT2D eigenvalue weighted by Crippen LogP contribution is -2.54. The first-order valence-electron chi connectivity index (χ1n) is 25.7. The summed E-state index contributed by atoms with van der Waals surface area (Å²) in [6.07, 6.45) is 6.96. The van der Waals surface area contributed by atoms with Crippen LogP contribution in [0.4, 0.5) is 0 Å². The van der Waals surface area contributed by atoms with Crippen molar-refractivity contribution in [3.05, 3.63) is 0 Å². The normalized spacial score (nSPS) is 18.2. The van der Waals surface area contributed by atoms with Crippen molar-refractivity contribution in [1.29, 1.82) is 0 Å². The van der Waals surface area contributed by atoms with Crippen LogP contribution in [0.2, 0.25) is 0 Å². The first-order valence-corrected chi connectivity index (χ1v) is 25.7. The maximum absolute atomic E-state index is 11.1. The number of hydrogen-bond donors (Lipinski definition) is 7. The van der Waals surface area contributed by atoms with Gasteiger partial charge in [0.15, 0.2) is 0 Å². The van der Waals surface area contributed by atoms with Gasteiger partial charge in [-0.2, -0.15) is 0 Å². The van der Waals surface area contributed by atoms with Crippen LogP contribution in [0.1, 0.15) is 197 Å². The van der Waals surface area contributed by atoms with Crippen molar-refractivity contribution >= 4 is 17.6 Å². The largest absolute Gasteiger partial charge is 0.396 e. The summed E-state index contributed by atoms with van der Waals surface area (Å²) in [4.78, 5) is 42.0. The van der Waals surface area contributed by atoms with Gasteiger partial charge >= 0.3 is 0 Å². The fourth-order valence-electron chi connectivity index (χ4n) is 7.71. The number of hydrogen-bond acceptors (Lipinski definition) is 12. The molecule has 3 saturated heterocycles. The number of ketones is 1. The van der Waals surface area contributed by atoms with Crippen LogP contribution in [0.25, 0.3) is 0 Å². The molecule has 3 aliphatic rings. The van der Waals surface area contributed by atoms with Crippen molar-refractivity contribution in [2.24, 2.45) is 11.7 Å². The number of primary amides is 1. The number of carbonyl (C=O) groups excluding carboxylic acids is 3. The third-order valence-corrected chi connectivity index (χ3v) is 11.5. The van der Waals surface area contributed by atoms with Crippen molar-refractivity contribution in [2.45, 2.75) is 242 Å². The second-order valence-corrected chi connectivity index (χ2v) is 24.9. The molecule has 3 rings (SSSR count). The molecule has 0 aromatic heterocycles. The predicted octanol–water partition coefficient (Wildman–Crippen LogP) is 6.82. The van der Waals surface area contributed by atoms with E-state index in [1.165, 1.54) is 0 Å². The van der Waals surface area contributed by atoms with E-state index < -0.39 is 0 Å². The number of rotatable bonds is 11. The number of piperidine rings is 2. The number of nitrogens with two attached hydrogens (primary N) is 1. The summed E-state index contributed by atoms with van der Waals surface area (Å²) in [7, 11) is 0. The molecule has 2 amide bonds. The molecule has 0 saturated carbocycles. The Kier molecular flexibility index (Phi) is 35.0. The Labute approximate surface area is 414 Å². The van der Waals surface area contributed by atoms with Crippen LogP contribution in [0.3, 0.4) is 0 Å². The van der Waals surface area contributed by atoms with E-state index in [1.807, 2.05) is 4.90 Å². The van der Waals surface area contributed by atoms with Crippen molar-refractivity contribution in [2.75, 3.05) is 78.7 Å². The average molecular weight is 960 g/mol. The fourth-order valence-corrected chi connectivity index (χ4v) is 7.71. The molecule has 0 spiro atoms. The van der Waals surface area contributed by atoms with Gasteiger partial charge in [0, 0.05) is 130 Å². The van der Waals surface area contributed by atoms with Gasteiger partial charge in [0.25, 0.3) is 0 Å². The van der Waals surface area contributed by atoms with Gasteiger partial charge < -0.3 is 41.9 Å². The van der Waals surface area contributed by atoms with Crippen LogP contribution < -0.4 is 21.7 Å². The van der Waals surface area contributed by atoms with Gasteiger partial charge in [-0.1, -0.05) is 0 Å². The Hall–Kier alpha value is -1.75. The fraction of sp³-hybridized carbons (Fsp3) is 0.943. The van der Waals surface area contributed by atoms with E-state index in [0.717, 1.165) is 110 Å². The summed E-state index contributed by atoms with van der Waals surface area (Å²) in [5.74, 6) is 0.603. The summed E-state index contributed by atoms with van der Waals surface area (Å²) in [5, 5.41) is 35.7. The van der Waals surface area contributed by atoms with E-state index in [2.05, 4.69) is 169 Å². The summed E-state index contributed by atoms with van der Waals surface area (Å²) in [6.45, 7) is 54.3. The highest BCUT2D eigenvalue weighted by molar-refractivity contribution is 5.79. The smallest absolute Gasteiger partial charge is 0.220 e. The highest BCUT2D eigenvalue weighted by Crippen LogP contribution is 2.23. The number of aliphatic hydroxyl groups excluding tert-OH is 3. The standard InChI is InChI=1S/2C10H20N2O.C9H17NO.C9H21NO.C8H19NO.C7H17NO/c1-9(13)11-5-7-12(8-6-11)10(2,3)4;1-10(2,3)12-6-4-8(5-7-12)9(11)13;1-9(2,3)10-6-4-8(11)5-7-10;1-8(6-5-7-11)10-9(2,3)4;1-7(5-6-10)9-8(2,3)4;1-7(2,3)8-5-4-6-9/h5-8H2,1-4H3;8H,4-7H2,1-3H3,(H2,11,13);4-7H2,1-3H3;8,10-11H,5-7H2,1-4H3;7,9-10H,5-6H2,1-4H3;8-9H,4-6H2,1-3H3. The van der Waals surface area contributed by atoms with Gasteiger partial charge in [-0.15, -0.1) is 0 Å². The number of aliphatic hydroxyl groups is 3. The molecule has 0 aromatic carbocycles. The number of piperazine rings is 1. The molecule has 8 N–H and O–H groups in total. The summed E-state index contributed by atoms with van der Waals surface area (Å²) < 4.78 is 0. The Balaban J connectivity index is -0.000000737. The second-order valence-electron chi connectivity index (χ2n) is 24.9. The molecule has 402 valence electrons. The SMILES string of the molecule is CC(=O)N1CCN(C(C)(C)C)CC1.CC(C)(C)N1CCC(=O)CC1.CC(C)(C)N1CCC(C(N)=O)CC1.CC(C)(C)NCCCO.CC(CCCO)NC(C)(C)C.CC(CCO)NC(C)(C)C. The quantitative estimate of drug-likeness (QED) is 0.107. The molecule has 67 heavy (non-hydrogen) atoms. The summed E-state index contributed by atoms with van der Waals surface area (Å²) in [5.41, 5.74) is 6.51. The van der Waals surface area contributed by atoms with Gasteiger partial charge in [-0.3, -0.25) is 29.1 Å². The lowest BCUT2D eigenvalue weighted by atomic mass is 9.93. The maximum atomic E-state index is 11.1. The van der Waals surface area contributed by atoms with Gasteiger partial charge in [0.05, 0.1) is 0 Å². The monoisotopic (exact) mass is 959 g/mol. The first kappa shape index (κ1) is 69.5. The minimum absolute atomic E-state index is 0.110. The lowest BCUT2D eigenvalue weighted by molar-refractivity contribution is -0.131. The van der Waals surface area contributed by atoms with Crippen molar-refractivity contribution in [3.8, 4) is 0 Å². The van der Waals surface area contributed by atoms with Crippen molar-refractivity contribution < 1.29 is 29.7 Å². The van der Waals surface area contributed by atoms with E-state index in [0.29, 0.717) is 24.5 Å². The molecule has 14 nitrogen and oxygen atoms in total. The van der Waals surface area contributed by atoms with E-state index in [9.17, 15) is 14.4 Å². The zero-order valence-electron chi connectivity index (χ0n) is 47.8. The molecule has 2 unspecified atom stereocenters. The van der Waals surface area contributed by atoms with Crippen molar-refractivity contribution in [1.82, 2.24) is 35.6 Å². The Morgan fingerprint density at radius 1 is 0.567 bits per heavy atom. The minimum Gasteiger partial charge on any atom is -0.396 e. The number of nitrogens with zero attached hydrogens (tertiary/aromatic N) is 4. The van der Waals surface area contributed by atoms with Crippen LogP contribution in [-0.2, 0) is 14.4 Å². The van der Waals surface area contributed by atoms with Crippen molar-refractivity contribution in [3.63, 3.8) is 0 Å². The predicted molar refractivity (Wildman–Crippen MR) is 285 cm³/mol. The zero-order chi connectivity index (χ0) is 53.0. The topological polar surface area (TPSA) is 187 Å². The summed E-state index contributed by atoms with van der Waals surface area (Å²) >= 11 is 0. The van der Waals surface area contributed by atoms with Gasteiger partial charge in [0.1, 0.15) is 5.78 Å². The average Bonchev–Trinajstić information content (AvgIpc) is 3.16. The van der Waals surface area contributed by atoms with Gasteiger partial charge in [-0.25, -0.2) is 0 Å². The number of likely N-dealkylation sites (tertiary alicyclic amines) is 2. The molecular weight excluding hydrogens is 845 g/mol. The highest BCUT2D eigenvalue weighted by Gasteiger charge is 2.29. The third kappa shape index (κ3) is 41.7. The second kappa shape index (κ2) is 33.8. The molecule has 0 aromatic rings. The van der Waals surface area contributed by atoms with Crippen LogP contribution >= 0.6 is 0 Å². The molecule has 3 fully saturated rings. The van der Waals surface area contributed by atoms with Crippen LogP contribution in [0, 0.1) is 5.92 Å². The number of carbonyl (C=O) groups is 3. The Bertz CT molecular complexity index is 1220. The maximum Gasteiger partial charge on any atom is 0.220 e. The third-order valence-electron chi connectivity index (χ3n) is 11.5. The van der Waals surface area contributed by atoms with E-state index in [1.54, 1.807) is 6.92 Å². The number of nitrogens with one attached hydrogen (secondary N) is 3. The summed E-state index contributed by atoms with van der Waals surface area (Å²) in [6, 6.07) is 0.909. The molecule has 3 heterocycles. The molecular formula is C53H114N8O6. The molecule has 2 atom stereocenters. The number of Topliss-reactive ketones (excluding diaryl/α,β-unsaturated/α-hetero) is 1. The van der Waals surface area contributed by atoms with Gasteiger partial charge in [-0.05, 0) is 197 Å². The minimum atomic E-state index is -0.131. The highest BCUT2D eigenvalue weighted by atomic mass is 16.3. The van der Waals surface area contributed by atoms with Crippen LogP contribution in [0.5, 0.6) is 0 Å². The Morgan fingerprint density at radius 2 is 0.940 bits per heavy atom. The molecule has 3 aliphatic heterocycles. The number of amides is 2. The molecule has 0 bridgehead atoms. The zero-order valence-corrected chi connectivity index (χ0v) is 47.8. The first-order chi connectivity index (χ1) is 30.3. The molecule has 0 aliphatic carbocycles. The van der Waals surface area contributed by atoms with Gasteiger partial charge in [0.2, 0.25) is 11.8 Å². The van der Waals surface area contributed by atoms with E-state index in [-0.39, 0.29) is 64.2 Å². The van der Waals surface area contributed by atoms with E-state index >= 15 is 0 Å². The van der Waals surface area contributed by atoms with Crippen LogP contribution in [0.15, 0.2) is 0 Å².